The number of amides is 1. The lowest BCUT2D eigenvalue weighted by atomic mass is 9.88. The number of anilines is 1. The first-order chi connectivity index (χ1) is 14.0. The number of nitrogens with one attached hydrogen (secondary N) is 1. The average molecular weight is 389 g/mol. The van der Waals surface area contributed by atoms with Crippen LogP contribution < -0.4 is 10.2 Å². The van der Waals surface area contributed by atoms with Crippen LogP contribution in [0.4, 0.5) is 5.69 Å². The van der Waals surface area contributed by atoms with Crippen molar-refractivity contribution < 1.29 is 9.90 Å². The summed E-state index contributed by atoms with van der Waals surface area (Å²) in [5.74, 6) is -0.0967. The van der Waals surface area contributed by atoms with Gasteiger partial charge in [-0.15, -0.1) is 0 Å². The van der Waals surface area contributed by atoms with Crippen LogP contribution in [0.25, 0.3) is 0 Å². The molecule has 0 saturated heterocycles. The van der Waals surface area contributed by atoms with Gasteiger partial charge in [0, 0.05) is 38.7 Å². The van der Waals surface area contributed by atoms with Gasteiger partial charge in [-0.05, 0) is 28.8 Å². The number of hydrogen-bond acceptors (Lipinski definition) is 3. The molecule has 0 radical (unpaired) electrons. The summed E-state index contributed by atoms with van der Waals surface area (Å²) >= 11 is 0. The molecular weight excluding hydrogens is 360 g/mol. The third-order valence-corrected chi connectivity index (χ3v) is 5.08. The molecule has 0 aliphatic carbocycles. The Labute approximate surface area is 172 Å². The lowest BCUT2D eigenvalue weighted by Gasteiger charge is -2.19. The number of aliphatic hydroxyl groups excluding tert-OH is 1. The number of nitrogens with zero attached hydrogens (tertiary/aromatic N) is 1. The van der Waals surface area contributed by atoms with E-state index in [2.05, 4.69) is 5.32 Å². The van der Waals surface area contributed by atoms with Crippen LogP contribution in [0.2, 0.25) is 0 Å². The number of benzene rings is 3. The highest BCUT2D eigenvalue weighted by Gasteiger charge is 2.19. The highest BCUT2D eigenvalue weighted by molar-refractivity contribution is 5.77. The molecule has 1 amide bonds. The maximum atomic E-state index is 12.7. The molecule has 3 aromatic carbocycles. The Bertz CT molecular complexity index is 854. The van der Waals surface area contributed by atoms with Gasteiger partial charge in [-0.1, -0.05) is 72.8 Å². The Balaban J connectivity index is 1.63. The second-order valence-electron chi connectivity index (χ2n) is 7.38. The van der Waals surface area contributed by atoms with E-state index in [9.17, 15) is 9.90 Å². The van der Waals surface area contributed by atoms with Crippen LogP contribution in [-0.4, -0.2) is 31.7 Å². The van der Waals surface area contributed by atoms with Crippen molar-refractivity contribution in [3.63, 3.8) is 0 Å². The van der Waals surface area contributed by atoms with E-state index in [-0.39, 0.29) is 18.4 Å². The molecule has 150 valence electrons. The van der Waals surface area contributed by atoms with Crippen molar-refractivity contribution in [2.24, 2.45) is 0 Å². The van der Waals surface area contributed by atoms with Crippen LogP contribution >= 0.6 is 0 Å². The molecule has 0 spiro atoms. The summed E-state index contributed by atoms with van der Waals surface area (Å²) in [5, 5.41) is 13.3. The molecule has 0 aliphatic rings. The fourth-order valence-electron chi connectivity index (χ4n) is 3.38. The summed E-state index contributed by atoms with van der Waals surface area (Å²) < 4.78 is 0. The molecule has 4 heteroatoms. The molecule has 2 N–H and O–H groups in total. The van der Waals surface area contributed by atoms with Crippen molar-refractivity contribution in [2.45, 2.75) is 18.4 Å². The second-order valence-corrected chi connectivity index (χ2v) is 7.38. The largest absolute Gasteiger partial charge is 0.387 e. The maximum absolute atomic E-state index is 12.7. The average Bonchev–Trinajstić information content (AvgIpc) is 2.77. The fraction of sp³-hybridized carbons (Fsp3) is 0.240. The number of hydrogen-bond donors (Lipinski definition) is 2. The molecule has 3 aromatic rings. The zero-order valence-corrected chi connectivity index (χ0v) is 17.0. The number of rotatable bonds is 8. The first-order valence-corrected chi connectivity index (χ1v) is 9.86. The highest BCUT2D eigenvalue weighted by Crippen LogP contribution is 2.27. The van der Waals surface area contributed by atoms with Gasteiger partial charge in [-0.3, -0.25) is 4.79 Å². The molecular formula is C25H28N2O2. The molecule has 0 heterocycles. The van der Waals surface area contributed by atoms with E-state index in [0.717, 1.165) is 22.4 Å². The molecule has 0 unspecified atom stereocenters. The monoisotopic (exact) mass is 388 g/mol. The minimum absolute atomic E-state index is 0.0195. The van der Waals surface area contributed by atoms with Crippen molar-refractivity contribution in [2.75, 3.05) is 25.5 Å². The van der Waals surface area contributed by atoms with Gasteiger partial charge in [0.05, 0.1) is 6.10 Å². The Morgan fingerprint density at radius 1 is 0.828 bits per heavy atom. The molecule has 29 heavy (non-hydrogen) atoms. The van der Waals surface area contributed by atoms with Gasteiger partial charge in [0.1, 0.15) is 0 Å². The SMILES string of the molecule is CN(C)c1ccc([C@@H](O)CNC(=O)CC(c2ccccc2)c2ccccc2)cc1. The smallest absolute Gasteiger partial charge is 0.221 e. The molecule has 0 bridgehead atoms. The first kappa shape index (κ1) is 20.6. The topological polar surface area (TPSA) is 52.6 Å². The molecule has 0 fully saturated rings. The number of aliphatic hydroxyl groups is 1. The molecule has 0 aliphatic heterocycles. The van der Waals surface area contributed by atoms with Crippen LogP contribution in [0.5, 0.6) is 0 Å². The van der Waals surface area contributed by atoms with E-state index in [4.69, 9.17) is 0 Å². The summed E-state index contributed by atoms with van der Waals surface area (Å²) in [7, 11) is 3.95. The van der Waals surface area contributed by atoms with Gasteiger partial charge in [0.2, 0.25) is 5.91 Å². The number of carbonyl (C=O) groups is 1. The Hall–Kier alpha value is -3.11. The van der Waals surface area contributed by atoms with Crippen LogP contribution in [0, 0.1) is 0 Å². The van der Waals surface area contributed by atoms with Gasteiger partial charge in [-0.25, -0.2) is 0 Å². The molecule has 1 atom stereocenters. The van der Waals surface area contributed by atoms with E-state index < -0.39 is 6.10 Å². The van der Waals surface area contributed by atoms with Crippen LogP contribution in [0.1, 0.15) is 35.1 Å². The molecule has 3 rings (SSSR count). The summed E-state index contributed by atoms with van der Waals surface area (Å²) in [6, 6.07) is 27.8. The third-order valence-electron chi connectivity index (χ3n) is 5.08. The Kier molecular flexibility index (Phi) is 7.04. The second kappa shape index (κ2) is 9.89. The van der Waals surface area contributed by atoms with Gasteiger partial charge in [0.25, 0.3) is 0 Å². The fourth-order valence-corrected chi connectivity index (χ4v) is 3.38. The predicted octanol–water partition coefficient (Wildman–Crippen LogP) is 4.12. The van der Waals surface area contributed by atoms with Crippen molar-refractivity contribution >= 4 is 11.6 Å². The Morgan fingerprint density at radius 2 is 1.34 bits per heavy atom. The standard InChI is InChI=1S/C25H28N2O2/c1-27(2)22-15-13-21(14-16-22)24(28)18-26-25(29)17-23(19-9-5-3-6-10-19)20-11-7-4-8-12-20/h3-16,23-24,28H,17-18H2,1-2H3,(H,26,29)/t24-/m0/s1. The summed E-state index contributed by atoms with van der Waals surface area (Å²) in [6.07, 6.45) is -0.401. The van der Waals surface area contributed by atoms with Gasteiger partial charge < -0.3 is 15.3 Å². The van der Waals surface area contributed by atoms with E-state index in [1.807, 2.05) is 104 Å². The van der Waals surface area contributed by atoms with Gasteiger partial charge in [0.15, 0.2) is 0 Å². The zero-order chi connectivity index (χ0) is 20.6. The van der Waals surface area contributed by atoms with Gasteiger partial charge >= 0.3 is 0 Å². The molecule has 0 saturated carbocycles. The van der Waals surface area contributed by atoms with E-state index in [0.29, 0.717) is 6.42 Å². The summed E-state index contributed by atoms with van der Waals surface area (Å²) in [4.78, 5) is 14.7. The van der Waals surface area contributed by atoms with E-state index >= 15 is 0 Å². The normalized spacial score (nSPS) is 11.9. The molecule has 4 nitrogen and oxygen atoms in total. The van der Waals surface area contributed by atoms with Crippen LogP contribution in [0.3, 0.4) is 0 Å². The van der Waals surface area contributed by atoms with E-state index in [1.165, 1.54) is 0 Å². The van der Waals surface area contributed by atoms with Crippen LogP contribution in [-0.2, 0) is 4.79 Å². The van der Waals surface area contributed by atoms with Crippen molar-refractivity contribution in [3.05, 3.63) is 102 Å². The highest BCUT2D eigenvalue weighted by atomic mass is 16.3. The number of carbonyl (C=O) groups excluding carboxylic acids is 1. The van der Waals surface area contributed by atoms with Crippen molar-refractivity contribution in [1.29, 1.82) is 0 Å². The zero-order valence-electron chi connectivity index (χ0n) is 17.0. The van der Waals surface area contributed by atoms with E-state index in [1.54, 1.807) is 0 Å². The lowest BCUT2D eigenvalue weighted by molar-refractivity contribution is -0.121. The van der Waals surface area contributed by atoms with Gasteiger partial charge in [-0.2, -0.15) is 0 Å². The minimum Gasteiger partial charge on any atom is -0.387 e. The quantitative estimate of drug-likeness (QED) is 0.610. The lowest BCUT2D eigenvalue weighted by Crippen LogP contribution is -2.29. The predicted molar refractivity (Wildman–Crippen MR) is 118 cm³/mol. The summed E-state index contributed by atoms with van der Waals surface area (Å²) in [6.45, 7) is 0.191. The van der Waals surface area contributed by atoms with Crippen molar-refractivity contribution in [1.82, 2.24) is 5.32 Å². The third kappa shape index (κ3) is 5.69. The minimum atomic E-state index is -0.734. The summed E-state index contributed by atoms with van der Waals surface area (Å²) in [5.41, 5.74) is 4.07. The first-order valence-electron chi connectivity index (χ1n) is 9.86. The van der Waals surface area contributed by atoms with Crippen LogP contribution in [0.15, 0.2) is 84.9 Å². The molecule has 0 aromatic heterocycles. The maximum Gasteiger partial charge on any atom is 0.221 e. The van der Waals surface area contributed by atoms with Crippen molar-refractivity contribution in [3.8, 4) is 0 Å². The Morgan fingerprint density at radius 3 is 1.83 bits per heavy atom.